The maximum absolute atomic E-state index is 11.9. The molecule has 4 aromatic rings. The van der Waals surface area contributed by atoms with Gasteiger partial charge in [0.05, 0.1) is 11.2 Å². The molecule has 0 saturated heterocycles. The van der Waals surface area contributed by atoms with Gasteiger partial charge in [-0.25, -0.2) is 14.3 Å². The average molecular weight is 415 g/mol. The molecule has 1 N–H and O–H groups in total. The first-order chi connectivity index (χ1) is 14.8. The summed E-state index contributed by atoms with van der Waals surface area (Å²) in [6.07, 6.45) is 6.67. The molecule has 7 heteroatoms. The standard InChI is InChI=1S/C24H25N5O2/c1-16-11-18(5-6-19(16)13-26-23(30)31-24(2,3)4)22-21-12-20(14-29(21)28-15-27-22)17-7-9-25-10-8-17/h5-12,14-15H,13H2,1-4H3,(H,26,30). The van der Waals surface area contributed by atoms with E-state index in [2.05, 4.69) is 32.5 Å². The smallest absolute Gasteiger partial charge is 0.407 e. The number of rotatable bonds is 4. The largest absolute Gasteiger partial charge is 0.444 e. The van der Waals surface area contributed by atoms with Crippen molar-refractivity contribution in [3.63, 3.8) is 0 Å². The van der Waals surface area contributed by atoms with Crippen LogP contribution in [0, 0.1) is 6.92 Å². The lowest BCUT2D eigenvalue weighted by molar-refractivity contribution is 0.0523. The zero-order valence-electron chi connectivity index (χ0n) is 18.1. The maximum atomic E-state index is 11.9. The van der Waals surface area contributed by atoms with Crippen molar-refractivity contribution in [1.29, 1.82) is 0 Å². The highest BCUT2D eigenvalue weighted by atomic mass is 16.6. The first-order valence-corrected chi connectivity index (χ1v) is 10.1. The Morgan fingerprint density at radius 1 is 1.06 bits per heavy atom. The van der Waals surface area contributed by atoms with E-state index in [0.29, 0.717) is 6.54 Å². The number of alkyl carbamates (subject to hydrolysis) is 1. The van der Waals surface area contributed by atoms with Gasteiger partial charge in [-0.05, 0) is 68.7 Å². The van der Waals surface area contributed by atoms with Gasteiger partial charge >= 0.3 is 6.09 Å². The molecule has 3 aromatic heterocycles. The number of ether oxygens (including phenoxy) is 1. The first kappa shape index (κ1) is 20.5. The summed E-state index contributed by atoms with van der Waals surface area (Å²) >= 11 is 0. The molecular formula is C24H25N5O2. The number of carbonyl (C=O) groups excluding carboxylic acids is 1. The Kier molecular flexibility index (Phi) is 5.42. The molecule has 158 valence electrons. The number of nitrogens with zero attached hydrogens (tertiary/aromatic N) is 4. The summed E-state index contributed by atoms with van der Waals surface area (Å²) < 4.78 is 7.14. The van der Waals surface area contributed by atoms with Crippen LogP contribution in [0.15, 0.2) is 61.3 Å². The Morgan fingerprint density at radius 3 is 2.55 bits per heavy atom. The van der Waals surface area contributed by atoms with Gasteiger partial charge in [0.1, 0.15) is 11.9 Å². The molecule has 0 spiro atoms. The number of aromatic nitrogens is 4. The van der Waals surface area contributed by atoms with E-state index >= 15 is 0 Å². The summed E-state index contributed by atoms with van der Waals surface area (Å²) in [7, 11) is 0. The van der Waals surface area contributed by atoms with Crippen molar-refractivity contribution in [2.45, 2.75) is 39.8 Å². The van der Waals surface area contributed by atoms with Gasteiger partial charge in [-0.3, -0.25) is 4.98 Å². The fourth-order valence-corrected chi connectivity index (χ4v) is 3.38. The fraction of sp³-hybridized carbons (Fsp3) is 0.250. The second-order valence-electron chi connectivity index (χ2n) is 8.40. The lowest BCUT2D eigenvalue weighted by Crippen LogP contribution is -2.32. The number of aryl methyl sites for hydroxylation is 1. The second-order valence-corrected chi connectivity index (χ2v) is 8.40. The molecule has 1 amide bonds. The molecule has 31 heavy (non-hydrogen) atoms. The van der Waals surface area contributed by atoms with Crippen LogP contribution in [-0.2, 0) is 11.3 Å². The summed E-state index contributed by atoms with van der Waals surface area (Å²) in [6, 6.07) is 12.1. The molecule has 0 fully saturated rings. The lowest BCUT2D eigenvalue weighted by Gasteiger charge is -2.20. The van der Waals surface area contributed by atoms with Crippen LogP contribution in [0.2, 0.25) is 0 Å². The van der Waals surface area contributed by atoms with Crippen molar-refractivity contribution in [3.05, 3.63) is 72.4 Å². The van der Waals surface area contributed by atoms with E-state index < -0.39 is 11.7 Å². The number of benzene rings is 1. The fourth-order valence-electron chi connectivity index (χ4n) is 3.38. The molecule has 0 radical (unpaired) electrons. The van der Waals surface area contributed by atoms with Crippen LogP contribution in [0.3, 0.4) is 0 Å². The molecule has 0 aliphatic carbocycles. The van der Waals surface area contributed by atoms with Crippen molar-refractivity contribution >= 4 is 11.6 Å². The number of pyridine rings is 1. The summed E-state index contributed by atoms with van der Waals surface area (Å²) in [5.41, 5.74) is 6.46. The number of hydrogen-bond acceptors (Lipinski definition) is 5. The molecule has 3 heterocycles. The molecule has 0 atom stereocenters. The van der Waals surface area contributed by atoms with E-state index in [-0.39, 0.29) is 0 Å². The van der Waals surface area contributed by atoms with Crippen LogP contribution in [0.5, 0.6) is 0 Å². The van der Waals surface area contributed by atoms with Crippen LogP contribution >= 0.6 is 0 Å². The average Bonchev–Trinajstić information content (AvgIpc) is 3.17. The van der Waals surface area contributed by atoms with Gasteiger partial charge in [-0.2, -0.15) is 5.10 Å². The SMILES string of the molecule is Cc1cc(-c2ncnn3cc(-c4ccncc4)cc23)ccc1CNC(=O)OC(C)(C)C. The van der Waals surface area contributed by atoms with Gasteiger partial charge in [0, 0.05) is 36.3 Å². The van der Waals surface area contributed by atoms with Crippen molar-refractivity contribution in [2.24, 2.45) is 0 Å². The third-order valence-electron chi connectivity index (χ3n) is 4.86. The van der Waals surface area contributed by atoms with Crippen molar-refractivity contribution in [1.82, 2.24) is 24.9 Å². The van der Waals surface area contributed by atoms with Gasteiger partial charge in [0.25, 0.3) is 0 Å². The van der Waals surface area contributed by atoms with Crippen LogP contribution in [0.1, 0.15) is 31.9 Å². The number of nitrogens with one attached hydrogen (secondary N) is 1. The predicted molar refractivity (Wildman–Crippen MR) is 119 cm³/mol. The molecular weight excluding hydrogens is 390 g/mol. The zero-order valence-corrected chi connectivity index (χ0v) is 18.1. The minimum atomic E-state index is -0.520. The summed E-state index contributed by atoms with van der Waals surface area (Å²) in [4.78, 5) is 20.6. The van der Waals surface area contributed by atoms with E-state index in [4.69, 9.17) is 4.74 Å². The van der Waals surface area contributed by atoms with E-state index in [1.165, 1.54) is 0 Å². The van der Waals surface area contributed by atoms with Crippen molar-refractivity contribution in [3.8, 4) is 22.4 Å². The summed E-state index contributed by atoms with van der Waals surface area (Å²) in [5.74, 6) is 0. The van der Waals surface area contributed by atoms with Gasteiger partial charge in [0.2, 0.25) is 0 Å². The molecule has 0 aliphatic heterocycles. The van der Waals surface area contributed by atoms with E-state index in [1.54, 1.807) is 18.7 Å². The van der Waals surface area contributed by atoms with Crippen LogP contribution in [-0.4, -0.2) is 31.3 Å². The molecule has 7 nitrogen and oxygen atoms in total. The van der Waals surface area contributed by atoms with Gasteiger partial charge in [-0.1, -0.05) is 12.1 Å². The molecule has 0 saturated carbocycles. The topological polar surface area (TPSA) is 81.4 Å². The van der Waals surface area contributed by atoms with Gasteiger partial charge < -0.3 is 10.1 Å². The Morgan fingerprint density at radius 2 is 1.84 bits per heavy atom. The van der Waals surface area contributed by atoms with Crippen LogP contribution in [0.25, 0.3) is 27.9 Å². The minimum Gasteiger partial charge on any atom is -0.444 e. The van der Waals surface area contributed by atoms with Crippen LogP contribution < -0.4 is 5.32 Å². The highest BCUT2D eigenvalue weighted by Gasteiger charge is 2.16. The monoisotopic (exact) mass is 415 g/mol. The van der Waals surface area contributed by atoms with Crippen molar-refractivity contribution in [2.75, 3.05) is 0 Å². The summed E-state index contributed by atoms with van der Waals surface area (Å²) in [6.45, 7) is 7.95. The minimum absolute atomic E-state index is 0.400. The van der Waals surface area contributed by atoms with E-state index in [0.717, 1.165) is 39.0 Å². The third-order valence-corrected chi connectivity index (χ3v) is 4.86. The Labute approximate surface area is 181 Å². The molecule has 0 aliphatic rings. The maximum Gasteiger partial charge on any atom is 0.407 e. The molecule has 0 unspecified atom stereocenters. The lowest BCUT2D eigenvalue weighted by atomic mass is 10.0. The number of carbonyl (C=O) groups is 1. The Bertz CT molecular complexity index is 1230. The number of amides is 1. The van der Waals surface area contributed by atoms with E-state index in [1.807, 2.05) is 62.7 Å². The third kappa shape index (κ3) is 4.71. The molecule has 1 aromatic carbocycles. The van der Waals surface area contributed by atoms with Gasteiger partial charge in [-0.15, -0.1) is 0 Å². The normalized spacial score (nSPS) is 11.5. The predicted octanol–water partition coefficient (Wildman–Crippen LogP) is 4.79. The Hall–Kier alpha value is -3.74. The number of hydrogen-bond donors (Lipinski definition) is 1. The van der Waals surface area contributed by atoms with Crippen molar-refractivity contribution < 1.29 is 9.53 Å². The first-order valence-electron chi connectivity index (χ1n) is 10.1. The van der Waals surface area contributed by atoms with Crippen LogP contribution in [0.4, 0.5) is 4.79 Å². The summed E-state index contributed by atoms with van der Waals surface area (Å²) in [5, 5.41) is 7.17. The number of fused-ring (bicyclic) bond motifs is 1. The quantitative estimate of drug-likeness (QED) is 0.518. The Balaban J connectivity index is 1.59. The highest BCUT2D eigenvalue weighted by molar-refractivity contribution is 5.81. The second kappa shape index (κ2) is 8.18. The van der Waals surface area contributed by atoms with E-state index in [9.17, 15) is 4.79 Å². The molecule has 0 bridgehead atoms. The van der Waals surface area contributed by atoms with Gasteiger partial charge in [0.15, 0.2) is 0 Å². The molecule has 4 rings (SSSR count). The highest BCUT2D eigenvalue weighted by Crippen LogP contribution is 2.28. The zero-order chi connectivity index (χ0) is 22.0.